The largest absolute Gasteiger partial charge is 0.496 e. The number of piperidine rings is 1. The van der Waals surface area contributed by atoms with E-state index in [9.17, 15) is 0 Å². The van der Waals surface area contributed by atoms with Crippen LogP contribution in [0.25, 0.3) is 0 Å². The molecule has 0 amide bonds. The normalized spacial score (nSPS) is 17.6. The zero-order chi connectivity index (χ0) is 13.7. The molecular formula is C16H24BrNO. The Hall–Kier alpha value is -0.540. The number of methoxy groups -OCH3 is 1. The Labute approximate surface area is 125 Å². The second-order valence-electron chi connectivity index (χ2n) is 5.46. The second-order valence-corrected chi connectivity index (χ2v) is 6.38. The predicted octanol–water partition coefficient (Wildman–Crippen LogP) is 4.47. The second kappa shape index (κ2) is 7.30. The van der Waals surface area contributed by atoms with Gasteiger partial charge in [0, 0.05) is 16.6 Å². The van der Waals surface area contributed by atoms with Crippen molar-refractivity contribution in [1.82, 2.24) is 4.90 Å². The molecule has 0 unspecified atom stereocenters. The molecule has 0 atom stereocenters. The SMILES string of the molecule is CCCC1CCN(Cc2cc(Br)ccc2OC)CC1. The highest BCUT2D eigenvalue weighted by Gasteiger charge is 2.19. The van der Waals surface area contributed by atoms with Crippen LogP contribution in [-0.4, -0.2) is 25.1 Å². The standard InChI is InChI=1S/C16H24BrNO/c1-3-4-13-7-9-18(10-8-13)12-14-11-15(17)5-6-16(14)19-2/h5-6,11,13H,3-4,7-10,12H2,1-2H3. The molecule has 0 saturated carbocycles. The van der Waals surface area contributed by atoms with Gasteiger partial charge in [-0.3, -0.25) is 4.90 Å². The third-order valence-electron chi connectivity index (χ3n) is 4.04. The van der Waals surface area contributed by atoms with Gasteiger partial charge in [-0.25, -0.2) is 0 Å². The van der Waals surface area contributed by atoms with Crippen LogP contribution >= 0.6 is 15.9 Å². The van der Waals surface area contributed by atoms with Gasteiger partial charge in [-0.05, 0) is 50.0 Å². The van der Waals surface area contributed by atoms with Gasteiger partial charge in [-0.2, -0.15) is 0 Å². The van der Waals surface area contributed by atoms with Gasteiger partial charge in [0.05, 0.1) is 7.11 Å². The van der Waals surface area contributed by atoms with Crippen LogP contribution in [0.3, 0.4) is 0 Å². The smallest absolute Gasteiger partial charge is 0.123 e. The number of hydrogen-bond donors (Lipinski definition) is 0. The summed E-state index contributed by atoms with van der Waals surface area (Å²) in [5, 5.41) is 0. The molecule has 1 fully saturated rings. The number of ether oxygens (including phenoxy) is 1. The minimum Gasteiger partial charge on any atom is -0.496 e. The van der Waals surface area contributed by atoms with Crippen molar-refractivity contribution in [3.05, 3.63) is 28.2 Å². The van der Waals surface area contributed by atoms with Crippen molar-refractivity contribution < 1.29 is 4.74 Å². The summed E-state index contributed by atoms with van der Waals surface area (Å²) in [5.41, 5.74) is 1.28. The van der Waals surface area contributed by atoms with Crippen LogP contribution < -0.4 is 4.74 Å². The highest BCUT2D eigenvalue weighted by molar-refractivity contribution is 9.10. The molecule has 1 aliphatic rings. The quantitative estimate of drug-likeness (QED) is 0.791. The lowest BCUT2D eigenvalue weighted by Gasteiger charge is -2.32. The Morgan fingerprint density at radius 1 is 1.32 bits per heavy atom. The lowest BCUT2D eigenvalue weighted by atomic mass is 9.92. The van der Waals surface area contributed by atoms with Crippen molar-refractivity contribution in [2.24, 2.45) is 5.92 Å². The van der Waals surface area contributed by atoms with E-state index in [1.54, 1.807) is 7.11 Å². The lowest BCUT2D eigenvalue weighted by molar-refractivity contribution is 0.170. The first-order valence-electron chi connectivity index (χ1n) is 7.27. The molecule has 1 aromatic rings. The zero-order valence-corrected chi connectivity index (χ0v) is 13.6. The predicted molar refractivity (Wildman–Crippen MR) is 83.6 cm³/mol. The first-order chi connectivity index (χ1) is 9.22. The van der Waals surface area contributed by atoms with Gasteiger partial charge in [0.1, 0.15) is 5.75 Å². The van der Waals surface area contributed by atoms with Crippen LogP contribution in [0.15, 0.2) is 22.7 Å². The van der Waals surface area contributed by atoms with Crippen molar-refractivity contribution in [2.45, 2.75) is 39.2 Å². The number of halogens is 1. The van der Waals surface area contributed by atoms with Crippen LogP contribution in [0.1, 0.15) is 38.2 Å². The Morgan fingerprint density at radius 2 is 2.05 bits per heavy atom. The molecule has 0 aliphatic carbocycles. The van der Waals surface area contributed by atoms with E-state index in [0.29, 0.717) is 0 Å². The van der Waals surface area contributed by atoms with Crippen LogP contribution in [0.5, 0.6) is 5.75 Å². The fourth-order valence-electron chi connectivity index (χ4n) is 2.95. The number of likely N-dealkylation sites (tertiary alicyclic amines) is 1. The number of nitrogens with zero attached hydrogens (tertiary/aromatic N) is 1. The molecule has 0 spiro atoms. The van der Waals surface area contributed by atoms with Crippen molar-refractivity contribution in [1.29, 1.82) is 0 Å². The third-order valence-corrected chi connectivity index (χ3v) is 4.53. The summed E-state index contributed by atoms with van der Waals surface area (Å²) in [4.78, 5) is 2.55. The molecule has 1 aliphatic heterocycles. The first-order valence-corrected chi connectivity index (χ1v) is 8.07. The van der Waals surface area contributed by atoms with Gasteiger partial charge in [-0.15, -0.1) is 0 Å². The summed E-state index contributed by atoms with van der Waals surface area (Å²) in [7, 11) is 1.75. The number of rotatable bonds is 5. The average Bonchev–Trinajstić information content (AvgIpc) is 2.42. The summed E-state index contributed by atoms with van der Waals surface area (Å²) in [6.07, 6.45) is 5.42. The van der Waals surface area contributed by atoms with E-state index in [4.69, 9.17) is 4.74 Å². The number of hydrogen-bond acceptors (Lipinski definition) is 2. The molecule has 19 heavy (non-hydrogen) atoms. The molecule has 0 aromatic heterocycles. The summed E-state index contributed by atoms with van der Waals surface area (Å²) >= 11 is 3.55. The van der Waals surface area contributed by atoms with E-state index in [1.165, 1.54) is 44.3 Å². The summed E-state index contributed by atoms with van der Waals surface area (Å²) in [6, 6.07) is 6.26. The number of benzene rings is 1. The van der Waals surface area contributed by atoms with Crippen LogP contribution in [0.4, 0.5) is 0 Å². The molecule has 1 heterocycles. The summed E-state index contributed by atoms with van der Waals surface area (Å²) < 4.78 is 6.58. The van der Waals surface area contributed by atoms with E-state index in [0.717, 1.165) is 22.7 Å². The van der Waals surface area contributed by atoms with E-state index in [1.807, 2.05) is 12.1 Å². The van der Waals surface area contributed by atoms with E-state index >= 15 is 0 Å². The van der Waals surface area contributed by atoms with Crippen molar-refractivity contribution in [3.63, 3.8) is 0 Å². The highest BCUT2D eigenvalue weighted by Crippen LogP contribution is 2.27. The monoisotopic (exact) mass is 325 g/mol. The zero-order valence-electron chi connectivity index (χ0n) is 12.0. The van der Waals surface area contributed by atoms with Gasteiger partial charge < -0.3 is 4.74 Å². The Balaban J connectivity index is 1.93. The lowest BCUT2D eigenvalue weighted by Crippen LogP contribution is -2.33. The van der Waals surface area contributed by atoms with E-state index in [2.05, 4.69) is 33.8 Å². The highest BCUT2D eigenvalue weighted by atomic mass is 79.9. The molecule has 3 heteroatoms. The molecule has 2 rings (SSSR count). The molecule has 1 saturated heterocycles. The minimum atomic E-state index is 0.950. The Morgan fingerprint density at radius 3 is 2.68 bits per heavy atom. The molecule has 0 radical (unpaired) electrons. The Bertz CT molecular complexity index is 400. The first kappa shape index (κ1) is 14.9. The molecule has 0 N–H and O–H groups in total. The summed E-state index contributed by atoms with van der Waals surface area (Å²) in [5.74, 6) is 1.95. The molecule has 0 bridgehead atoms. The van der Waals surface area contributed by atoms with Crippen LogP contribution in [-0.2, 0) is 6.54 Å². The topological polar surface area (TPSA) is 12.5 Å². The summed E-state index contributed by atoms with van der Waals surface area (Å²) in [6.45, 7) is 5.74. The van der Waals surface area contributed by atoms with Gasteiger partial charge >= 0.3 is 0 Å². The van der Waals surface area contributed by atoms with Crippen molar-refractivity contribution in [3.8, 4) is 5.75 Å². The maximum Gasteiger partial charge on any atom is 0.123 e. The van der Waals surface area contributed by atoms with Crippen LogP contribution in [0, 0.1) is 5.92 Å². The fourth-order valence-corrected chi connectivity index (χ4v) is 3.36. The van der Waals surface area contributed by atoms with Crippen molar-refractivity contribution in [2.75, 3.05) is 20.2 Å². The van der Waals surface area contributed by atoms with Gasteiger partial charge in [0.25, 0.3) is 0 Å². The maximum absolute atomic E-state index is 5.45. The average molecular weight is 326 g/mol. The molecule has 2 nitrogen and oxygen atoms in total. The Kier molecular flexibility index (Phi) is 5.71. The molecule has 1 aromatic carbocycles. The van der Waals surface area contributed by atoms with E-state index in [-0.39, 0.29) is 0 Å². The van der Waals surface area contributed by atoms with E-state index < -0.39 is 0 Å². The van der Waals surface area contributed by atoms with Gasteiger partial charge in [0.2, 0.25) is 0 Å². The molecular weight excluding hydrogens is 302 g/mol. The van der Waals surface area contributed by atoms with Crippen LogP contribution in [0.2, 0.25) is 0 Å². The van der Waals surface area contributed by atoms with Gasteiger partial charge in [0.15, 0.2) is 0 Å². The maximum atomic E-state index is 5.45. The minimum absolute atomic E-state index is 0.950. The van der Waals surface area contributed by atoms with Crippen molar-refractivity contribution >= 4 is 15.9 Å². The third kappa shape index (κ3) is 4.22. The van der Waals surface area contributed by atoms with Gasteiger partial charge in [-0.1, -0.05) is 35.7 Å². The molecule has 106 valence electrons. The fraction of sp³-hybridized carbons (Fsp3) is 0.625.